The fourth-order valence-corrected chi connectivity index (χ4v) is 1.34. The normalized spacial score (nSPS) is 9.94. The molecule has 0 fully saturated rings. The molecular weight excluding hydrogens is 198 g/mol. The van der Waals surface area contributed by atoms with Gasteiger partial charge in [-0.2, -0.15) is 0 Å². The first-order chi connectivity index (χ1) is 7.40. The second kappa shape index (κ2) is 7.05. The van der Waals surface area contributed by atoms with Crippen molar-refractivity contribution in [2.45, 2.75) is 53.5 Å². The van der Waals surface area contributed by atoms with Gasteiger partial charge in [0.15, 0.2) is 5.84 Å². The van der Waals surface area contributed by atoms with Crippen molar-refractivity contribution < 1.29 is 0 Å². The van der Waals surface area contributed by atoms with Crippen LogP contribution < -0.4 is 0 Å². The van der Waals surface area contributed by atoms with E-state index in [0.717, 1.165) is 6.42 Å². The van der Waals surface area contributed by atoms with Gasteiger partial charge >= 0.3 is 0 Å². The highest BCUT2D eigenvalue weighted by Gasteiger charge is 2.16. The van der Waals surface area contributed by atoms with Gasteiger partial charge in [-0.1, -0.05) is 26.7 Å². The van der Waals surface area contributed by atoms with Crippen LogP contribution in [0.2, 0.25) is 0 Å². The molecule has 16 heavy (non-hydrogen) atoms. The van der Waals surface area contributed by atoms with Crippen LogP contribution in [0.15, 0.2) is 0 Å². The van der Waals surface area contributed by atoms with Gasteiger partial charge in [0.05, 0.1) is 0 Å². The summed E-state index contributed by atoms with van der Waals surface area (Å²) < 4.78 is 0. The van der Waals surface area contributed by atoms with Crippen molar-refractivity contribution in [3.05, 3.63) is 0 Å². The van der Waals surface area contributed by atoms with E-state index in [9.17, 15) is 0 Å². The maximum Gasteiger partial charge on any atom is 0.179 e. The Bertz CT molecular complexity index is 305. The van der Waals surface area contributed by atoms with E-state index in [2.05, 4.69) is 11.8 Å². The second-order valence-corrected chi connectivity index (χ2v) is 4.43. The van der Waals surface area contributed by atoms with Gasteiger partial charge in [0, 0.05) is 18.4 Å². The third-order valence-electron chi connectivity index (χ3n) is 2.01. The van der Waals surface area contributed by atoms with E-state index < -0.39 is 0 Å². The van der Waals surface area contributed by atoms with Crippen LogP contribution in [0.3, 0.4) is 0 Å². The van der Waals surface area contributed by atoms with Crippen molar-refractivity contribution >= 4 is 11.7 Å². The number of nitrogens with one attached hydrogen (secondary N) is 2. The van der Waals surface area contributed by atoms with Gasteiger partial charge in [-0.3, -0.25) is 10.8 Å². The molecule has 0 aromatic heterocycles. The van der Waals surface area contributed by atoms with Crippen LogP contribution in [-0.2, 0) is 0 Å². The summed E-state index contributed by atoms with van der Waals surface area (Å²) in [4.78, 5) is 1.69. The molecule has 0 bridgehead atoms. The van der Waals surface area contributed by atoms with Crippen LogP contribution in [0.4, 0.5) is 0 Å². The number of amidine groups is 2. The second-order valence-electron chi connectivity index (χ2n) is 4.43. The van der Waals surface area contributed by atoms with Gasteiger partial charge in [-0.05, 0) is 26.2 Å². The molecule has 2 N–H and O–H groups in total. The van der Waals surface area contributed by atoms with Crippen LogP contribution in [0.25, 0.3) is 0 Å². The quantitative estimate of drug-likeness (QED) is 0.429. The average molecular weight is 221 g/mol. The first-order valence-electron chi connectivity index (χ1n) is 5.86. The third-order valence-corrected chi connectivity index (χ3v) is 2.01. The van der Waals surface area contributed by atoms with Gasteiger partial charge in [-0.25, -0.2) is 0 Å². The number of nitrogens with zero attached hydrogens (tertiary/aromatic N) is 1. The topological polar surface area (TPSA) is 50.9 Å². The molecular formula is C13H23N3. The molecule has 0 aliphatic carbocycles. The summed E-state index contributed by atoms with van der Waals surface area (Å²) in [6.45, 7) is 10.00. The summed E-state index contributed by atoms with van der Waals surface area (Å²) in [5.74, 6) is 6.77. The minimum Gasteiger partial charge on any atom is -0.306 e. The molecule has 90 valence electrons. The average Bonchev–Trinajstić information content (AvgIpc) is 2.14. The van der Waals surface area contributed by atoms with Gasteiger partial charge in [0.1, 0.15) is 5.84 Å². The monoisotopic (exact) mass is 221 g/mol. The van der Waals surface area contributed by atoms with Crippen LogP contribution in [0.5, 0.6) is 0 Å². The molecule has 0 heterocycles. The molecule has 3 heteroatoms. The molecule has 0 saturated carbocycles. The van der Waals surface area contributed by atoms with E-state index in [1.807, 2.05) is 34.6 Å². The summed E-state index contributed by atoms with van der Waals surface area (Å²) in [5, 5.41) is 15.8. The van der Waals surface area contributed by atoms with Gasteiger partial charge in [0.25, 0.3) is 0 Å². The zero-order valence-electron chi connectivity index (χ0n) is 11.0. The van der Waals surface area contributed by atoms with Gasteiger partial charge < -0.3 is 4.90 Å². The highest BCUT2D eigenvalue weighted by Crippen LogP contribution is 2.05. The van der Waals surface area contributed by atoms with Gasteiger partial charge in [0.2, 0.25) is 0 Å². The van der Waals surface area contributed by atoms with E-state index in [1.54, 1.807) is 4.90 Å². The Morgan fingerprint density at radius 1 is 1.19 bits per heavy atom. The summed E-state index contributed by atoms with van der Waals surface area (Å²) in [6.07, 6.45) is 1.62. The predicted octanol–water partition coefficient (Wildman–Crippen LogP) is 3.11. The highest BCUT2D eigenvalue weighted by atomic mass is 15.2. The Morgan fingerprint density at radius 3 is 2.12 bits per heavy atom. The summed E-state index contributed by atoms with van der Waals surface area (Å²) >= 11 is 0. The molecule has 3 nitrogen and oxygen atoms in total. The number of hydrogen-bond donors (Lipinski definition) is 2. The van der Waals surface area contributed by atoms with Crippen molar-refractivity contribution in [2.75, 3.05) is 0 Å². The molecule has 0 unspecified atom stereocenters. The molecule has 0 aromatic rings. The maximum atomic E-state index is 7.91. The molecule has 0 atom stereocenters. The molecule has 0 radical (unpaired) electrons. The number of hydrogen-bond acceptors (Lipinski definition) is 2. The van der Waals surface area contributed by atoms with Crippen LogP contribution >= 0.6 is 0 Å². The van der Waals surface area contributed by atoms with Crippen molar-refractivity contribution in [2.24, 2.45) is 5.92 Å². The minimum atomic E-state index is 0.119. The summed E-state index contributed by atoms with van der Waals surface area (Å²) in [7, 11) is 0. The molecule has 0 spiro atoms. The Morgan fingerprint density at radius 2 is 1.75 bits per heavy atom. The van der Waals surface area contributed by atoms with Crippen molar-refractivity contribution in [1.29, 1.82) is 10.8 Å². The molecule has 0 rings (SSSR count). The summed E-state index contributed by atoms with van der Waals surface area (Å²) in [5.41, 5.74) is 0. The van der Waals surface area contributed by atoms with E-state index in [1.165, 1.54) is 0 Å². The van der Waals surface area contributed by atoms with E-state index in [-0.39, 0.29) is 17.8 Å². The van der Waals surface area contributed by atoms with Crippen molar-refractivity contribution in [3.8, 4) is 11.8 Å². The first-order valence-corrected chi connectivity index (χ1v) is 5.86. The van der Waals surface area contributed by atoms with Crippen molar-refractivity contribution in [1.82, 2.24) is 4.90 Å². The molecule has 0 aliphatic rings. The third kappa shape index (κ3) is 4.97. The smallest absolute Gasteiger partial charge is 0.179 e. The molecule has 0 aromatic carbocycles. The molecule has 0 aliphatic heterocycles. The highest BCUT2D eigenvalue weighted by molar-refractivity contribution is 6.07. The zero-order valence-corrected chi connectivity index (χ0v) is 11.0. The van der Waals surface area contributed by atoms with Gasteiger partial charge in [-0.15, -0.1) is 0 Å². The number of rotatable bonds is 3. The van der Waals surface area contributed by atoms with Crippen molar-refractivity contribution in [3.63, 3.8) is 0 Å². The molecule has 0 saturated heterocycles. The summed E-state index contributed by atoms with van der Waals surface area (Å²) in [6, 6.07) is 0.119. The SMILES string of the molecule is CCCC(=N)N(C(=N)C#CC(C)C)C(C)C. The lowest BCUT2D eigenvalue weighted by Crippen LogP contribution is -2.40. The largest absolute Gasteiger partial charge is 0.306 e. The lowest BCUT2D eigenvalue weighted by molar-refractivity contribution is 0.487. The zero-order chi connectivity index (χ0) is 12.7. The Balaban J connectivity index is 4.75. The predicted molar refractivity (Wildman–Crippen MR) is 70.0 cm³/mol. The molecule has 0 amide bonds. The Labute approximate surface area is 99.2 Å². The first kappa shape index (κ1) is 14.7. The van der Waals surface area contributed by atoms with E-state index in [4.69, 9.17) is 10.8 Å². The van der Waals surface area contributed by atoms with Crippen LogP contribution in [-0.4, -0.2) is 22.6 Å². The van der Waals surface area contributed by atoms with Crippen LogP contribution in [0, 0.1) is 28.6 Å². The lowest BCUT2D eigenvalue weighted by Gasteiger charge is -2.26. The Kier molecular flexibility index (Phi) is 6.48. The van der Waals surface area contributed by atoms with E-state index in [0.29, 0.717) is 12.3 Å². The lowest BCUT2D eigenvalue weighted by atomic mass is 10.2. The van der Waals surface area contributed by atoms with E-state index >= 15 is 0 Å². The minimum absolute atomic E-state index is 0.119. The fourth-order valence-electron chi connectivity index (χ4n) is 1.34. The van der Waals surface area contributed by atoms with Crippen LogP contribution in [0.1, 0.15) is 47.5 Å². The fraction of sp³-hybridized carbons (Fsp3) is 0.692. The Hall–Kier alpha value is -1.30. The maximum absolute atomic E-state index is 7.91. The standard InChI is InChI=1S/C13H23N3/c1-6-7-12(14)16(11(4)5)13(15)9-8-10(2)3/h10-11,14-15H,6-7H2,1-5H3.